The minimum Gasteiger partial charge on any atom is -0.397 e. The summed E-state index contributed by atoms with van der Waals surface area (Å²) >= 11 is 0. The number of nitrogens with one attached hydrogen (secondary N) is 2. The van der Waals surface area contributed by atoms with E-state index in [-0.39, 0.29) is 16.5 Å². The predicted molar refractivity (Wildman–Crippen MR) is 83.2 cm³/mol. The van der Waals surface area contributed by atoms with Crippen LogP contribution in [0.3, 0.4) is 0 Å². The summed E-state index contributed by atoms with van der Waals surface area (Å²) in [7, 11) is -3.76. The highest BCUT2D eigenvalue weighted by atomic mass is 32.2. The van der Waals surface area contributed by atoms with Gasteiger partial charge in [0.15, 0.2) is 0 Å². The minimum absolute atomic E-state index is 0.0415. The molecular weight excluding hydrogens is 292 g/mol. The van der Waals surface area contributed by atoms with Crippen molar-refractivity contribution in [1.82, 2.24) is 5.32 Å². The molecule has 0 aliphatic carbocycles. The van der Waals surface area contributed by atoms with Gasteiger partial charge < -0.3 is 16.4 Å². The zero-order chi connectivity index (χ0) is 16.0. The molecule has 8 heteroatoms. The quantitative estimate of drug-likeness (QED) is 0.545. The number of carbonyl (C=O) groups is 1. The molecule has 118 valence electrons. The van der Waals surface area contributed by atoms with Gasteiger partial charge in [-0.05, 0) is 24.1 Å². The molecule has 7 nitrogen and oxygen atoms in total. The van der Waals surface area contributed by atoms with E-state index in [2.05, 4.69) is 10.6 Å². The molecule has 0 heterocycles. The molecule has 6 N–H and O–H groups in total. The van der Waals surface area contributed by atoms with E-state index in [1.165, 1.54) is 18.2 Å². The molecule has 1 amide bonds. The van der Waals surface area contributed by atoms with Crippen molar-refractivity contribution in [3.63, 3.8) is 0 Å². The number of nitrogens with two attached hydrogens (primary N) is 2. The molecule has 1 aromatic carbocycles. The van der Waals surface area contributed by atoms with Crippen LogP contribution in [0.25, 0.3) is 0 Å². The molecule has 1 rings (SSSR count). The average Bonchev–Trinajstić information content (AvgIpc) is 2.37. The Bertz CT molecular complexity index is 599. The monoisotopic (exact) mass is 314 g/mol. The number of benzene rings is 1. The van der Waals surface area contributed by atoms with Gasteiger partial charge in [0.25, 0.3) is 0 Å². The lowest BCUT2D eigenvalue weighted by atomic mass is 10.2. The van der Waals surface area contributed by atoms with Crippen LogP contribution in [-0.4, -0.2) is 27.4 Å². The molecule has 0 unspecified atom stereocenters. The molecule has 0 aliphatic rings. The predicted octanol–water partition coefficient (Wildman–Crippen LogP) is 0.490. The molecule has 0 spiro atoms. The number of rotatable bonds is 7. The highest BCUT2D eigenvalue weighted by molar-refractivity contribution is 7.89. The third-order valence-corrected chi connectivity index (χ3v) is 3.64. The number of sulfonamides is 1. The molecule has 0 atom stereocenters. The highest BCUT2D eigenvalue weighted by Crippen LogP contribution is 2.21. The first-order valence-electron chi connectivity index (χ1n) is 6.63. The number of primary sulfonamides is 1. The minimum atomic E-state index is -3.76. The van der Waals surface area contributed by atoms with Crippen LogP contribution in [0.15, 0.2) is 23.1 Å². The van der Waals surface area contributed by atoms with Crippen LogP contribution in [-0.2, 0) is 14.8 Å². The Hall–Kier alpha value is -1.80. The summed E-state index contributed by atoms with van der Waals surface area (Å²) in [6, 6.07) is 4.18. The first-order valence-corrected chi connectivity index (χ1v) is 8.17. The maximum absolute atomic E-state index is 11.5. The Kier molecular flexibility index (Phi) is 5.98. The van der Waals surface area contributed by atoms with Crippen LogP contribution in [0.2, 0.25) is 0 Å². The van der Waals surface area contributed by atoms with Crippen LogP contribution in [0.5, 0.6) is 0 Å². The molecule has 0 fully saturated rings. The first kappa shape index (κ1) is 17.3. The number of hydrogen-bond acceptors (Lipinski definition) is 5. The van der Waals surface area contributed by atoms with Crippen molar-refractivity contribution in [2.24, 2.45) is 11.1 Å². The van der Waals surface area contributed by atoms with Crippen LogP contribution in [0.4, 0.5) is 11.4 Å². The Balaban J connectivity index is 2.51. The van der Waals surface area contributed by atoms with Crippen molar-refractivity contribution in [2.75, 3.05) is 24.1 Å². The van der Waals surface area contributed by atoms with Crippen LogP contribution in [0.1, 0.15) is 20.3 Å². The Morgan fingerprint density at radius 3 is 2.52 bits per heavy atom. The van der Waals surface area contributed by atoms with E-state index in [1.807, 2.05) is 13.8 Å². The second-order valence-corrected chi connectivity index (χ2v) is 6.73. The number of hydrogen-bond donors (Lipinski definition) is 4. The number of nitrogen functional groups attached to an aromatic ring is 1. The van der Waals surface area contributed by atoms with E-state index in [9.17, 15) is 13.2 Å². The third-order valence-electron chi connectivity index (χ3n) is 2.73. The van der Waals surface area contributed by atoms with Gasteiger partial charge in [-0.3, -0.25) is 4.79 Å². The number of anilines is 2. The summed E-state index contributed by atoms with van der Waals surface area (Å²) in [6.45, 7) is 5.09. The second kappa shape index (κ2) is 7.28. The Labute approximate surface area is 125 Å². The van der Waals surface area contributed by atoms with Gasteiger partial charge in [-0.15, -0.1) is 0 Å². The van der Waals surface area contributed by atoms with Gasteiger partial charge in [0, 0.05) is 19.5 Å². The fraction of sp³-hybridized carbons (Fsp3) is 0.462. The smallest absolute Gasteiger partial charge is 0.238 e. The molecule has 0 bridgehead atoms. The van der Waals surface area contributed by atoms with Gasteiger partial charge in [-0.25, -0.2) is 13.6 Å². The fourth-order valence-corrected chi connectivity index (χ4v) is 2.14. The first-order chi connectivity index (χ1) is 9.70. The lowest BCUT2D eigenvalue weighted by Crippen LogP contribution is -2.28. The SMILES string of the molecule is CC(C)CNC(=O)CCNc1ccc(S(N)(=O)=O)cc1N. The zero-order valence-electron chi connectivity index (χ0n) is 12.2. The topological polar surface area (TPSA) is 127 Å². The molecule has 0 aromatic heterocycles. The van der Waals surface area contributed by atoms with Gasteiger partial charge >= 0.3 is 0 Å². The van der Waals surface area contributed by atoms with Crippen molar-refractivity contribution >= 4 is 27.3 Å². The van der Waals surface area contributed by atoms with Crippen molar-refractivity contribution in [1.29, 1.82) is 0 Å². The maximum Gasteiger partial charge on any atom is 0.238 e. The summed E-state index contributed by atoms with van der Waals surface area (Å²) in [4.78, 5) is 11.5. The lowest BCUT2D eigenvalue weighted by Gasteiger charge is -2.11. The van der Waals surface area contributed by atoms with Crippen molar-refractivity contribution in [3.05, 3.63) is 18.2 Å². The van der Waals surface area contributed by atoms with E-state index in [0.29, 0.717) is 31.1 Å². The molecule has 1 aromatic rings. The standard InChI is InChI=1S/C13H22N4O3S/c1-9(2)8-17-13(18)5-6-16-12-4-3-10(7-11(12)14)21(15,19)20/h3-4,7,9,16H,5-6,8,14H2,1-2H3,(H,17,18)(H2,15,19,20). The van der Waals surface area contributed by atoms with E-state index < -0.39 is 10.0 Å². The summed E-state index contributed by atoms with van der Waals surface area (Å²) in [5, 5.41) is 10.8. The summed E-state index contributed by atoms with van der Waals surface area (Å²) in [5.41, 5.74) is 6.59. The van der Waals surface area contributed by atoms with Gasteiger partial charge in [-0.1, -0.05) is 13.8 Å². The van der Waals surface area contributed by atoms with Crippen molar-refractivity contribution in [3.8, 4) is 0 Å². The van der Waals surface area contributed by atoms with E-state index in [1.54, 1.807) is 0 Å². The van der Waals surface area contributed by atoms with Gasteiger partial charge in [-0.2, -0.15) is 0 Å². The van der Waals surface area contributed by atoms with Crippen LogP contribution < -0.4 is 21.5 Å². The summed E-state index contributed by atoms with van der Waals surface area (Å²) < 4.78 is 22.4. The fourth-order valence-electron chi connectivity index (χ4n) is 1.60. The van der Waals surface area contributed by atoms with Gasteiger partial charge in [0.2, 0.25) is 15.9 Å². The highest BCUT2D eigenvalue weighted by Gasteiger charge is 2.10. The van der Waals surface area contributed by atoms with Gasteiger partial charge in [0.05, 0.1) is 16.3 Å². The van der Waals surface area contributed by atoms with Crippen molar-refractivity contribution < 1.29 is 13.2 Å². The zero-order valence-corrected chi connectivity index (χ0v) is 13.0. The van der Waals surface area contributed by atoms with Crippen molar-refractivity contribution in [2.45, 2.75) is 25.2 Å². The van der Waals surface area contributed by atoms with E-state index in [0.717, 1.165) is 0 Å². The average molecular weight is 314 g/mol. The largest absolute Gasteiger partial charge is 0.397 e. The second-order valence-electron chi connectivity index (χ2n) is 5.17. The van der Waals surface area contributed by atoms with Crippen LogP contribution in [0, 0.1) is 5.92 Å². The summed E-state index contributed by atoms with van der Waals surface area (Å²) in [5.74, 6) is 0.360. The van der Waals surface area contributed by atoms with E-state index >= 15 is 0 Å². The molecule has 0 saturated heterocycles. The van der Waals surface area contributed by atoms with E-state index in [4.69, 9.17) is 10.9 Å². The van der Waals surface area contributed by atoms with Crippen LogP contribution >= 0.6 is 0 Å². The molecular formula is C13H22N4O3S. The van der Waals surface area contributed by atoms with Gasteiger partial charge in [0.1, 0.15) is 0 Å². The Morgan fingerprint density at radius 2 is 2.00 bits per heavy atom. The molecule has 0 saturated carbocycles. The molecule has 21 heavy (non-hydrogen) atoms. The third kappa shape index (κ3) is 6.01. The summed E-state index contributed by atoms with van der Waals surface area (Å²) in [6.07, 6.45) is 0.309. The number of carbonyl (C=O) groups excluding carboxylic acids is 1. The number of amides is 1. The lowest BCUT2D eigenvalue weighted by molar-refractivity contribution is -0.120. The molecule has 0 radical (unpaired) electrons. The normalized spacial score (nSPS) is 11.4. The Morgan fingerprint density at radius 1 is 1.33 bits per heavy atom. The maximum atomic E-state index is 11.5. The molecule has 0 aliphatic heterocycles.